The number of carboxylic acid groups (broad SMARTS) is 1. The Bertz CT molecular complexity index is 849. The van der Waals surface area contributed by atoms with E-state index in [-0.39, 0.29) is 23.8 Å². The summed E-state index contributed by atoms with van der Waals surface area (Å²) in [5.74, 6) is -1.61. The molecule has 27 heavy (non-hydrogen) atoms. The smallest absolute Gasteiger partial charge is 0.335 e. The van der Waals surface area contributed by atoms with E-state index in [1.54, 1.807) is 28.8 Å². The van der Waals surface area contributed by atoms with Crippen molar-refractivity contribution in [1.29, 1.82) is 0 Å². The molecule has 0 spiro atoms. The van der Waals surface area contributed by atoms with E-state index in [1.165, 1.54) is 12.1 Å². The van der Waals surface area contributed by atoms with Gasteiger partial charge in [0.1, 0.15) is 0 Å². The minimum atomic E-state index is -0.985. The second-order valence-electron chi connectivity index (χ2n) is 6.32. The van der Waals surface area contributed by atoms with E-state index in [4.69, 9.17) is 5.11 Å². The highest BCUT2D eigenvalue weighted by Gasteiger charge is 2.34. The summed E-state index contributed by atoms with van der Waals surface area (Å²) in [6.07, 6.45) is 2.18. The Labute approximate surface area is 161 Å². The van der Waals surface area contributed by atoms with Crippen LogP contribution in [0.5, 0.6) is 0 Å². The number of benzene rings is 2. The van der Waals surface area contributed by atoms with E-state index in [0.29, 0.717) is 13.1 Å². The quantitative estimate of drug-likeness (QED) is 0.748. The van der Waals surface area contributed by atoms with Crippen LogP contribution >= 0.6 is 11.8 Å². The zero-order valence-corrected chi connectivity index (χ0v) is 15.7. The molecular weight excluding hydrogens is 364 g/mol. The van der Waals surface area contributed by atoms with Crippen molar-refractivity contribution in [1.82, 2.24) is 5.32 Å². The number of nitrogens with one attached hydrogen (secondary N) is 1. The largest absolute Gasteiger partial charge is 0.478 e. The summed E-state index contributed by atoms with van der Waals surface area (Å²) >= 11 is 1.63. The molecule has 2 aromatic carbocycles. The average molecular weight is 384 g/mol. The van der Waals surface area contributed by atoms with Gasteiger partial charge in [-0.2, -0.15) is 0 Å². The van der Waals surface area contributed by atoms with Gasteiger partial charge < -0.3 is 15.3 Å². The third-order valence-corrected chi connectivity index (χ3v) is 5.29. The summed E-state index contributed by atoms with van der Waals surface area (Å²) in [5, 5.41) is 11.7. The first-order valence-electron chi connectivity index (χ1n) is 8.52. The molecule has 1 fully saturated rings. The van der Waals surface area contributed by atoms with Gasteiger partial charge in [-0.3, -0.25) is 9.59 Å². The zero-order valence-electron chi connectivity index (χ0n) is 14.8. The van der Waals surface area contributed by atoms with Gasteiger partial charge >= 0.3 is 5.97 Å². The predicted octanol–water partition coefficient (Wildman–Crippen LogP) is 2.78. The Morgan fingerprint density at radius 1 is 1.15 bits per heavy atom. The minimum Gasteiger partial charge on any atom is -0.478 e. The lowest BCUT2D eigenvalue weighted by atomic mass is 10.1. The van der Waals surface area contributed by atoms with Crippen LogP contribution in [-0.2, 0) is 16.1 Å². The van der Waals surface area contributed by atoms with Gasteiger partial charge in [-0.05, 0) is 48.2 Å². The fraction of sp³-hybridized carbons (Fsp3) is 0.250. The number of aromatic carboxylic acids is 1. The molecule has 140 valence electrons. The molecule has 0 saturated carbocycles. The molecule has 2 amide bonds. The van der Waals surface area contributed by atoms with Crippen LogP contribution in [0.15, 0.2) is 53.4 Å². The molecule has 1 aliphatic heterocycles. The van der Waals surface area contributed by atoms with Crippen molar-refractivity contribution in [2.45, 2.75) is 17.9 Å². The monoisotopic (exact) mass is 384 g/mol. The van der Waals surface area contributed by atoms with E-state index in [9.17, 15) is 14.4 Å². The maximum absolute atomic E-state index is 12.4. The molecule has 2 aromatic rings. The normalized spacial score (nSPS) is 16.4. The summed E-state index contributed by atoms with van der Waals surface area (Å²) in [7, 11) is 0. The van der Waals surface area contributed by atoms with Crippen LogP contribution in [0.2, 0.25) is 0 Å². The molecule has 0 bridgehead atoms. The summed E-state index contributed by atoms with van der Waals surface area (Å²) in [6.45, 7) is 0.660. The number of anilines is 1. The highest BCUT2D eigenvalue weighted by Crippen LogP contribution is 2.27. The van der Waals surface area contributed by atoms with Gasteiger partial charge in [-0.1, -0.05) is 12.1 Å². The van der Waals surface area contributed by atoms with Crippen LogP contribution in [0, 0.1) is 5.92 Å². The van der Waals surface area contributed by atoms with Gasteiger partial charge in [-0.15, -0.1) is 11.8 Å². The Hall–Kier alpha value is -2.80. The van der Waals surface area contributed by atoms with Gasteiger partial charge in [0, 0.05) is 30.1 Å². The SMILES string of the molecule is CSc1ccc(N2CC(C(=O)NCc3ccc(C(=O)O)cc3)CC2=O)cc1. The standard InChI is InChI=1S/C20H20N2O4S/c1-27-17-8-6-16(7-9-17)22-12-15(10-18(22)23)19(24)21-11-13-2-4-14(5-3-13)20(25)26/h2-9,15H,10-12H2,1H3,(H,21,24)(H,25,26). The van der Waals surface area contributed by atoms with Gasteiger partial charge in [-0.25, -0.2) is 4.79 Å². The van der Waals surface area contributed by atoms with Crippen molar-refractivity contribution in [2.24, 2.45) is 5.92 Å². The lowest BCUT2D eigenvalue weighted by Crippen LogP contribution is -2.32. The molecule has 7 heteroatoms. The molecule has 2 N–H and O–H groups in total. The van der Waals surface area contributed by atoms with Crippen LogP contribution in [0.25, 0.3) is 0 Å². The topological polar surface area (TPSA) is 86.7 Å². The van der Waals surface area contributed by atoms with Gasteiger partial charge in [0.05, 0.1) is 11.5 Å². The molecule has 1 aliphatic rings. The van der Waals surface area contributed by atoms with Crippen LogP contribution < -0.4 is 10.2 Å². The van der Waals surface area contributed by atoms with E-state index in [1.807, 2.05) is 30.5 Å². The van der Waals surface area contributed by atoms with Gasteiger partial charge in [0.25, 0.3) is 0 Å². The fourth-order valence-electron chi connectivity index (χ4n) is 2.99. The maximum Gasteiger partial charge on any atom is 0.335 e. The first-order chi connectivity index (χ1) is 13.0. The lowest BCUT2D eigenvalue weighted by Gasteiger charge is -2.17. The number of carboxylic acids is 1. The van der Waals surface area contributed by atoms with Gasteiger partial charge in [0.15, 0.2) is 0 Å². The number of hydrogen-bond donors (Lipinski definition) is 2. The predicted molar refractivity (Wildman–Crippen MR) is 104 cm³/mol. The molecule has 0 aliphatic carbocycles. The van der Waals surface area contributed by atoms with Crippen molar-refractivity contribution >= 4 is 35.2 Å². The van der Waals surface area contributed by atoms with E-state index >= 15 is 0 Å². The molecule has 0 radical (unpaired) electrons. The first-order valence-corrected chi connectivity index (χ1v) is 9.75. The second kappa shape index (κ2) is 8.26. The highest BCUT2D eigenvalue weighted by molar-refractivity contribution is 7.98. The molecule has 0 aromatic heterocycles. The van der Waals surface area contributed by atoms with E-state index in [2.05, 4.69) is 5.32 Å². The van der Waals surface area contributed by atoms with E-state index < -0.39 is 11.9 Å². The summed E-state index contributed by atoms with van der Waals surface area (Å²) in [5.41, 5.74) is 1.81. The number of nitrogens with zero attached hydrogens (tertiary/aromatic N) is 1. The first kappa shape index (κ1) is 19.0. The number of hydrogen-bond acceptors (Lipinski definition) is 4. The van der Waals surface area contributed by atoms with Crippen LogP contribution in [-0.4, -0.2) is 35.7 Å². The van der Waals surface area contributed by atoms with Crippen molar-refractivity contribution in [2.75, 3.05) is 17.7 Å². The molecule has 1 atom stereocenters. The summed E-state index contributed by atoms with van der Waals surface area (Å²) in [4.78, 5) is 38.4. The highest BCUT2D eigenvalue weighted by atomic mass is 32.2. The molecule has 1 saturated heterocycles. The minimum absolute atomic E-state index is 0.0575. The maximum atomic E-state index is 12.4. The third kappa shape index (κ3) is 4.49. The Morgan fingerprint density at radius 2 is 1.81 bits per heavy atom. The van der Waals surface area contributed by atoms with Crippen LogP contribution in [0.4, 0.5) is 5.69 Å². The Kier molecular flexibility index (Phi) is 5.81. The van der Waals surface area contributed by atoms with E-state index in [0.717, 1.165) is 16.1 Å². The van der Waals surface area contributed by atoms with Crippen molar-refractivity contribution in [3.8, 4) is 0 Å². The Balaban J connectivity index is 1.57. The lowest BCUT2D eigenvalue weighted by molar-refractivity contribution is -0.126. The fourth-order valence-corrected chi connectivity index (χ4v) is 3.40. The molecule has 3 rings (SSSR count). The number of rotatable bonds is 6. The number of thioether (sulfide) groups is 1. The molecule has 1 heterocycles. The van der Waals surface area contributed by atoms with Crippen LogP contribution in [0.3, 0.4) is 0 Å². The number of carbonyl (C=O) groups is 3. The number of amides is 2. The molecule has 1 unspecified atom stereocenters. The molecular formula is C20H20N2O4S. The summed E-state index contributed by atoms with van der Waals surface area (Å²) in [6, 6.07) is 14.1. The van der Waals surface area contributed by atoms with Crippen LogP contribution in [0.1, 0.15) is 22.3 Å². The number of carbonyl (C=O) groups excluding carboxylic acids is 2. The van der Waals surface area contributed by atoms with Gasteiger partial charge in [0.2, 0.25) is 11.8 Å². The molecule has 6 nitrogen and oxygen atoms in total. The van der Waals surface area contributed by atoms with Crippen molar-refractivity contribution < 1.29 is 19.5 Å². The Morgan fingerprint density at radius 3 is 2.41 bits per heavy atom. The zero-order chi connectivity index (χ0) is 19.4. The average Bonchev–Trinajstić information content (AvgIpc) is 3.08. The van der Waals surface area contributed by atoms with Crippen molar-refractivity contribution in [3.63, 3.8) is 0 Å². The third-order valence-electron chi connectivity index (χ3n) is 4.55. The second-order valence-corrected chi connectivity index (χ2v) is 7.20. The van der Waals surface area contributed by atoms with Crippen molar-refractivity contribution in [3.05, 3.63) is 59.7 Å². The summed E-state index contributed by atoms with van der Waals surface area (Å²) < 4.78 is 0.